The van der Waals surface area contributed by atoms with E-state index in [0.29, 0.717) is 29.8 Å². The third-order valence-electron chi connectivity index (χ3n) is 7.26. The van der Waals surface area contributed by atoms with Gasteiger partial charge in [0.15, 0.2) is 0 Å². The van der Waals surface area contributed by atoms with Crippen LogP contribution in [0.2, 0.25) is 0 Å². The van der Waals surface area contributed by atoms with Gasteiger partial charge in [0, 0.05) is 5.92 Å². The second-order valence-electron chi connectivity index (χ2n) is 9.96. The van der Waals surface area contributed by atoms with Gasteiger partial charge in [-0.15, -0.1) is 0 Å². The summed E-state index contributed by atoms with van der Waals surface area (Å²) in [5, 5.41) is 0. The summed E-state index contributed by atoms with van der Waals surface area (Å²) in [6.45, 7) is 3.64. The van der Waals surface area contributed by atoms with Crippen LogP contribution in [0.25, 0.3) is 0 Å². The van der Waals surface area contributed by atoms with Gasteiger partial charge in [-0.25, -0.2) is 12.7 Å². The molecule has 2 aromatic rings. The monoisotopic (exact) mass is 497 g/mol. The fourth-order valence-corrected chi connectivity index (χ4v) is 6.70. The number of sulfonamides is 1. The Morgan fingerprint density at radius 1 is 0.800 bits per heavy atom. The Labute approximate surface area is 208 Å². The number of hydrogen-bond donors (Lipinski definition) is 0. The molecule has 6 nitrogen and oxygen atoms in total. The summed E-state index contributed by atoms with van der Waals surface area (Å²) in [6.07, 6.45) is 9.19. The maximum atomic E-state index is 13.8. The normalized spacial score (nSPS) is 17.7. The molecule has 0 spiro atoms. The highest BCUT2D eigenvalue weighted by molar-refractivity contribution is 7.93. The van der Waals surface area contributed by atoms with Gasteiger partial charge in [-0.1, -0.05) is 56.2 Å². The van der Waals surface area contributed by atoms with Crippen molar-refractivity contribution in [2.75, 3.05) is 4.31 Å². The van der Waals surface area contributed by atoms with Gasteiger partial charge in [-0.05, 0) is 75.4 Å². The number of anilines is 1. The molecule has 188 valence electrons. The van der Waals surface area contributed by atoms with E-state index >= 15 is 0 Å². The van der Waals surface area contributed by atoms with Crippen molar-refractivity contribution in [3.8, 4) is 5.75 Å². The number of aryl methyl sites for hydroxylation is 2. The lowest BCUT2D eigenvalue weighted by atomic mass is 9.88. The Hall–Kier alpha value is -2.67. The van der Waals surface area contributed by atoms with Crippen LogP contribution >= 0.6 is 0 Å². The average Bonchev–Trinajstić information content (AvgIpc) is 2.86. The number of esters is 1. The standard InChI is InChI=1S/C28H35NO5S/c1-20-13-16-25(17-14-20)35(32,33)29(27(30)22-9-5-3-6-10-22)26-18-15-24(19-21(26)2)34-28(31)23-11-7-4-8-12-23/h13-19,22-23H,3-12H2,1-2H3. The summed E-state index contributed by atoms with van der Waals surface area (Å²) in [5.74, 6) is -0.665. The second kappa shape index (κ2) is 10.9. The van der Waals surface area contributed by atoms with E-state index in [1.54, 1.807) is 49.4 Å². The first-order valence-electron chi connectivity index (χ1n) is 12.8. The van der Waals surface area contributed by atoms with Gasteiger partial charge >= 0.3 is 5.97 Å². The van der Waals surface area contributed by atoms with Crippen molar-refractivity contribution in [2.24, 2.45) is 11.8 Å². The number of benzene rings is 2. The van der Waals surface area contributed by atoms with Gasteiger partial charge in [-0.2, -0.15) is 0 Å². The largest absolute Gasteiger partial charge is 0.426 e. The van der Waals surface area contributed by atoms with Crippen molar-refractivity contribution >= 4 is 27.6 Å². The summed E-state index contributed by atoms with van der Waals surface area (Å²) in [6, 6.07) is 11.4. The number of carbonyl (C=O) groups excluding carboxylic acids is 2. The van der Waals surface area contributed by atoms with Gasteiger partial charge in [0.1, 0.15) is 5.75 Å². The van der Waals surface area contributed by atoms with Gasteiger partial charge in [0.2, 0.25) is 5.91 Å². The molecule has 0 saturated heterocycles. The van der Waals surface area contributed by atoms with Crippen molar-refractivity contribution in [1.29, 1.82) is 0 Å². The van der Waals surface area contributed by atoms with Gasteiger partial charge < -0.3 is 4.74 Å². The molecule has 4 rings (SSSR count). The zero-order valence-corrected chi connectivity index (χ0v) is 21.5. The minimum Gasteiger partial charge on any atom is -0.426 e. The van der Waals surface area contributed by atoms with Crippen LogP contribution in [0.3, 0.4) is 0 Å². The van der Waals surface area contributed by atoms with E-state index in [9.17, 15) is 18.0 Å². The van der Waals surface area contributed by atoms with E-state index in [-0.39, 0.29) is 28.6 Å². The lowest BCUT2D eigenvalue weighted by molar-refractivity contribution is -0.140. The summed E-state index contributed by atoms with van der Waals surface area (Å²) in [4.78, 5) is 26.4. The molecule has 0 aliphatic heterocycles. The first-order valence-corrected chi connectivity index (χ1v) is 14.2. The lowest BCUT2D eigenvalue weighted by Gasteiger charge is -2.30. The average molecular weight is 498 g/mol. The molecular weight excluding hydrogens is 462 g/mol. The highest BCUT2D eigenvalue weighted by Crippen LogP contribution is 2.35. The van der Waals surface area contributed by atoms with Gasteiger partial charge in [-0.3, -0.25) is 9.59 Å². The zero-order valence-electron chi connectivity index (χ0n) is 20.7. The molecule has 2 aliphatic rings. The Morgan fingerprint density at radius 3 is 1.94 bits per heavy atom. The number of nitrogens with zero attached hydrogens (tertiary/aromatic N) is 1. The van der Waals surface area contributed by atoms with E-state index in [1.807, 2.05) is 6.92 Å². The molecule has 0 N–H and O–H groups in total. The zero-order chi connectivity index (χ0) is 25.0. The molecule has 1 amide bonds. The minimum atomic E-state index is -4.12. The molecular formula is C28H35NO5S. The fourth-order valence-electron chi connectivity index (χ4n) is 5.15. The van der Waals surface area contributed by atoms with Crippen LogP contribution in [0, 0.1) is 25.7 Å². The Balaban J connectivity index is 1.66. The number of carbonyl (C=O) groups is 2. The van der Waals surface area contributed by atoms with Crippen LogP contribution in [0.4, 0.5) is 5.69 Å². The quantitative estimate of drug-likeness (QED) is 0.356. The lowest BCUT2D eigenvalue weighted by Crippen LogP contribution is -2.42. The molecule has 35 heavy (non-hydrogen) atoms. The van der Waals surface area contributed by atoms with Crippen LogP contribution in [-0.2, 0) is 19.6 Å². The highest BCUT2D eigenvalue weighted by Gasteiger charge is 2.36. The maximum absolute atomic E-state index is 13.8. The van der Waals surface area contributed by atoms with Crippen molar-refractivity contribution in [2.45, 2.75) is 83.0 Å². The predicted octanol–water partition coefficient (Wildman–Crippen LogP) is 6.09. The van der Waals surface area contributed by atoms with Gasteiger partial charge in [0.05, 0.1) is 16.5 Å². The Bertz CT molecular complexity index is 1160. The van der Waals surface area contributed by atoms with Crippen LogP contribution in [0.1, 0.15) is 75.3 Å². The molecule has 7 heteroatoms. The maximum Gasteiger partial charge on any atom is 0.314 e. The van der Waals surface area contributed by atoms with E-state index in [2.05, 4.69) is 0 Å². The predicted molar refractivity (Wildman–Crippen MR) is 136 cm³/mol. The Morgan fingerprint density at radius 2 is 1.37 bits per heavy atom. The summed E-state index contributed by atoms with van der Waals surface area (Å²) in [7, 11) is -4.12. The number of ether oxygens (including phenoxy) is 1. The smallest absolute Gasteiger partial charge is 0.314 e. The molecule has 2 aliphatic carbocycles. The topological polar surface area (TPSA) is 80.8 Å². The highest BCUT2D eigenvalue weighted by atomic mass is 32.2. The molecule has 0 aromatic heterocycles. The summed E-state index contributed by atoms with van der Waals surface area (Å²) in [5.41, 5.74) is 1.81. The van der Waals surface area contributed by atoms with E-state index in [1.165, 1.54) is 0 Å². The third-order valence-corrected chi connectivity index (χ3v) is 8.98. The number of amides is 1. The van der Waals surface area contributed by atoms with Crippen LogP contribution in [0.15, 0.2) is 47.4 Å². The van der Waals surface area contributed by atoms with Crippen molar-refractivity contribution in [3.05, 3.63) is 53.6 Å². The summed E-state index contributed by atoms with van der Waals surface area (Å²) >= 11 is 0. The molecule has 0 heterocycles. The van der Waals surface area contributed by atoms with Crippen LogP contribution < -0.4 is 9.04 Å². The molecule has 0 bridgehead atoms. The minimum absolute atomic E-state index is 0.0828. The SMILES string of the molecule is Cc1ccc(S(=O)(=O)N(C(=O)C2CCCCC2)c2ccc(OC(=O)C3CCCCC3)cc2C)cc1. The van der Waals surface area contributed by atoms with E-state index < -0.39 is 10.0 Å². The number of rotatable bonds is 6. The summed E-state index contributed by atoms with van der Waals surface area (Å²) < 4.78 is 34.2. The molecule has 2 aromatic carbocycles. The number of hydrogen-bond acceptors (Lipinski definition) is 5. The Kier molecular flexibility index (Phi) is 7.95. The van der Waals surface area contributed by atoms with E-state index in [4.69, 9.17) is 4.74 Å². The van der Waals surface area contributed by atoms with Crippen molar-refractivity contribution in [1.82, 2.24) is 0 Å². The van der Waals surface area contributed by atoms with Crippen molar-refractivity contribution < 1.29 is 22.7 Å². The fraction of sp³-hybridized carbons (Fsp3) is 0.500. The van der Waals surface area contributed by atoms with E-state index in [0.717, 1.165) is 61.2 Å². The third kappa shape index (κ3) is 5.77. The van der Waals surface area contributed by atoms with Crippen LogP contribution in [0.5, 0.6) is 5.75 Å². The van der Waals surface area contributed by atoms with Crippen molar-refractivity contribution in [3.63, 3.8) is 0 Å². The molecule has 0 radical (unpaired) electrons. The molecule has 2 fully saturated rings. The van der Waals surface area contributed by atoms with Gasteiger partial charge in [0.25, 0.3) is 10.0 Å². The molecule has 0 atom stereocenters. The second-order valence-corrected chi connectivity index (χ2v) is 11.7. The first kappa shape index (κ1) is 25.4. The van der Waals surface area contributed by atoms with Crippen LogP contribution in [-0.4, -0.2) is 20.3 Å². The first-order chi connectivity index (χ1) is 16.8. The molecule has 0 unspecified atom stereocenters. The molecule has 2 saturated carbocycles.